The number of hydrogen-bond donors (Lipinski definition) is 0. The van der Waals surface area contributed by atoms with Crippen LogP contribution in [0.3, 0.4) is 0 Å². The van der Waals surface area contributed by atoms with E-state index in [9.17, 15) is 8.42 Å². The normalized spacial score (nSPS) is 34.5. The van der Waals surface area contributed by atoms with Crippen LogP contribution in [0.1, 0.15) is 113 Å². The first-order valence-electron chi connectivity index (χ1n) is 18.0. The second-order valence-corrected chi connectivity index (χ2v) is 24.2. The van der Waals surface area contributed by atoms with Crippen molar-refractivity contribution in [2.45, 2.75) is 159 Å². The third-order valence-corrected chi connectivity index (χ3v) is 19.1. The highest BCUT2D eigenvalue weighted by atomic mass is 32.2. The minimum Gasteiger partial charge on any atom is -0.414 e. The van der Waals surface area contributed by atoms with Crippen LogP contribution >= 0.6 is 0 Å². The third-order valence-electron chi connectivity index (χ3n) is 12.6. The molecule has 3 aliphatic carbocycles. The lowest BCUT2D eigenvalue weighted by Crippen LogP contribution is -2.46. The Labute approximate surface area is 286 Å². The highest BCUT2D eigenvalue weighted by Gasteiger charge is 2.55. The molecule has 0 unspecified atom stereocenters. The summed E-state index contributed by atoms with van der Waals surface area (Å²) in [6.45, 7) is 20.4. The Morgan fingerprint density at radius 2 is 1.77 bits per heavy atom. The molecule has 4 rings (SSSR count). The molecule has 2 fully saturated rings. The summed E-state index contributed by atoms with van der Waals surface area (Å²) in [5, 5.41) is -0.970. The summed E-state index contributed by atoms with van der Waals surface area (Å²) in [7, 11) is -3.10. The van der Waals surface area contributed by atoms with Crippen LogP contribution < -0.4 is 0 Å². The van der Waals surface area contributed by atoms with Gasteiger partial charge in [-0.1, -0.05) is 59.1 Å². The lowest BCUT2D eigenvalue weighted by atomic mass is 9.60. The van der Waals surface area contributed by atoms with Crippen molar-refractivity contribution in [1.82, 2.24) is 0 Å². The average molecular weight is 701 g/mol. The quantitative estimate of drug-likeness (QED) is 0.102. The van der Waals surface area contributed by atoms with Crippen molar-refractivity contribution < 1.29 is 36.2 Å². The predicted octanol–water partition coefficient (Wildman–Crippen LogP) is 8.90. The van der Waals surface area contributed by atoms with E-state index < -0.39 is 35.0 Å². The Morgan fingerprint density at radius 1 is 1.09 bits per heavy atom. The van der Waals surface area contributed by atoms with E-state index in [-0.39, 0.29) is 29.0 Å². The zero-order chi connectivity index (χ0) is 35.0. The van der Waals surface area contributed by atoms with Crippen LogP contribution in [-0.2, 0) is 33.2 Å². The minimum atomic E-state index is -4.12. The summed E-state index contributed by atoms with van der Waals surface area (Å²) >= 11 is 0. The third kappa shape index (κ3) is 8.31. The van der Waals surface area contributed by atoms with E-state index in [1.54, 1.807) is 7.11 Å². The van der Waals surface area contributed by atoms with Crippen molar-refractivity contribution in [3.8, 4) is 0 Å². The molecule has 0 amide bonds. The van der Waals surface area contributed by atoms with E-state index >= 15 is 4.39 Å². The molecule has 10 heteroatoms. The largest absolute Gasteiger partial charge is 0.414 e. The molecule has 7 nitrogen and oxygen atoms in total. The van der Waals surface area contributed by atoms with Crippen molar-refractivity contribution in [2.24, 2.45) is 23.2 Å². The lowest BCUT2D eigenvalue weighted by molar-refractivity contribution is -0.118. The standard InChI is InChI=1S/C37H65FO7SSi/c1-25(14-12-18-36(5,6)44-24-42-9)29-16-17-30-26(15-13-19-37(29,30)7)20-32-28-21-27(45-47(10,11)35(2,3)4)22-31(43-23-41-8)33(28)34(38)46(32,39)40/h20,25,27,29-32,34H,12-19,21-24H2,1-11H3/b26-20+/t25-,27-,29-,30+,31+,32-,34+,37-/m1/s1. The molecule has 0 N–H and O–H groups in total. The summed E-state index contributed by atoms with van der Waals surface area (Å²) in [5.74, 6) is 1.46. The van der Waals surface area contributed by atoms with Gasteiger partial charge in [0.2, 0.25) is 5.50 Å². The molecule has 272 valence electrons. The fraction of sp³-hybridized carbons (Fsp3) is 0.892. The van der Waals surface area contributed by atoms with Gasteiger partial charge in [-0.2, -0.15) is 0 Å². The first kappa shape index (κ1) is 39.2. The molecule has 4 aliphatic rings. The Hall–Kier alpha value is -0.623. The van der Waals surface area contributed by atoms with Gasteiger partial charge in [-0.3, -0.25) is 0 Å². The highest BCUT2D eigenvalue weighted by Crippen LogP contribution is 2.60. The van der Waals surface area contributed by atoms with Crippen LogP contribution in [0.15, 0.2) is 22.8 Å². The second-order valence-electron chi connectivity index (χ2n) is 17.3. The minimum absolute atomic E-state index is 0.00695. The van der Waals surface area contributed by atoms with Crippen LogP contribution in [0.4, 0.5) is 4.39 Å². The Kier molecular flexibility index (Phi) is 12.4. The maximum absolute atomic E-state index is 16.1. The average Bonchev–Trinajstić information content (AvgIpc) is 3.41. The highest BCUT2D eigenvalue weighted by molar-refractivity contribution is 7.93. The maximum atomic E-state index is 16.1. The molecule has 1 aliphatic heterocycles. The van der Waals surface area contributed by atoms with Gasteiger partial charge in [0.05, 0.1) is 17.8 Å². The molecule has 0 aromatic heterocycles. The van der Waals surface area contributed by atoms with E-state index in [0.717, 1.165) is 51.4 Å². The van der Waals surface area contributed by atoms with E-state index in [1.807, 2.05) is 6.08 Å². The molecule has 1 heterocycles. The van der Waals surface area contributed by atoms with Crippen molar-refractivity contribution >= 4 is 18.2 Å². The van der Waals surface area contributed by atoms with Crippen LogP contribution in [0.25, 0.3) is 0 Å². The zero-order valence-electron chi connectivity index (χ0n) is 31.2. The van der Waals surface area contributed by atoms with Gasteiger partial charge >= 0.3 is 0 Å². The SMILES string of the molecule is COCO[C@H]1C[C@H](O[Si](C)(C)C(C)(C)C)CC2=C1[C@@H](F)S(=O)(=O)[C@@H]2/C=C1\CCC[C@]2(C)[C@@H]([C@H](C)CCCC(C)(C)OCOC)CC[C@@H]12. The first-order chi connectivity index (χ1) is 21.8. The van der Waals surface area contributed by atoms with E-state index in [2.05, 4.69) is 61.6 Å². The molecule has 0 spiro atoms. The monoisotopic (exact) mass is 700 g/mol. The van der Waals surface area contributed by atoms with Crippen molar-refractivity contribution in [3.63, 3.8) is 0 Å². The first-order valence-corrected chi connectivity index (χ1v) is 22.5. The van der Waals surface area contributed by atoms with Crippen molar-refractivity contribution in [1.29, 1.82) is 0 Å². The number of fused-ring (bicyclic) bond motifs is 1. The molecule has 0 radical (unpaired) electrons. The van der Waals surface area contributed by atoms with E-state index in [1.165, 1.54) is 12.7 Å². The van der Waals surface area contributed by atoms with Gasteiger partial charge in [-0.05, 0) is 106 Å². The summed E-state index contributed by atoms with van der Waals surface area (Å²) < 4.78 is 72.9. The van der Waals surface area contributed by atoms with Crippen LogP contribution in [0, 0.1) is 23.2 Å². The topological polar surface area (TPSA) is 80.3 Å². The van der Waals surface area contributed by atoms with Gasteiger partial charge in [0, 0.05) is 26.2 Å². The molecular formula is C37H65FO7SSi. The summed E-state index contributed by atoms with van der Waals surface area (Å²) in [6.07, 6.45) is 10.4. The Balaban J connectivity index is 1.58. The Morgan fingerprint density at radius 3 is 2.40 bits per heavy atom. The molecular weight excluding hydrogens is 636 g/mol. The lowest BCUT2D eigenvalue weighted by Gasteiger charge is -2.45. The fourth-order valence-corrected chi connectivity index (χ4v) is 12.3. The predicted molar refractivity (Wildman–Crippen MR) is 189 cm³/mol. The van der Waals surface area contributed by atoms with Gasteiger partial charge < -0.3 is 23.4 Å². The zero-order valence-corrected chi connectivity index (χ0v) is 33.1. The second kappa shape index (κ2) is 14.9. The van der Waals surface area contributed by atoms with Crippen LogP contribution in [0.5, 0.6) is 0 Å². The van der Waals surface area contributed by atoms with Crippen molar-refractivity contribution in [3.05, 3.63) is 22.8 Å². The molecule has 8 atom stereocenters. The molecule has 2 saturated carbocycles. The van der Waals surface area contributed by atoms with Crippen LogP contribution in [0.2, 0.25) is 18.1 Å². The van der Waals surface area contributed by atoms with Gasteiger partial charge in [0.1, 0.15) is 18.8 Å². The molecule has 47 heavy (non-hydrogen) atoms. The fourth-order valence-electron chi connectivity index (χ4n) is 9.03. The number of methoxy groups -OCH3 is 2. The number of hydrogen-bond acceptors (Lipinski definition) is 7. The number of allylic oxidation sites excluding steroid dienone is 1. The summed E-state index contributed by atoms with van der Waals surface area (Å²) in [5.41, 5.74) is 0.0271. The molecule has 0 aromatic carbocycles. The Bertz CT molecular complexity index is 1260. The number of halogens is 1. The van der Waals surface area contributed by atoms with Gasteiger partial charge in [-0.15, -0.1) is 0 Å². The molecule has 0 saturated heterocycles. The van der Waals surface area contributed by atoms with E-state index in [0.29, 0.717) is 48.5 Å². The van der Waals surface area contributed by atoms with Gasteiger partial charge in [-0.25, -0.2) is 12.8 Å². The van der Waals surface area contributed by atoms with E-state index in [4.69, 9.17) is 23.4 Å². The summed E-state index contributed by atoms with van der Waals surface area (Å²) in [4.78, 5) is 0. The number of ether oxygens (including phenoxy) is 4. The van der Waals surface area contributed by atoms with Gasteiger partial charge in [0.15, 0.2) is 18.2 Å². The van der Waals surface area contributed by atoms with Gasteiger partial charge in [0.25, 0.3) is 0 Å². The maximum Gasteiger partial charge on any atom is 0.225 e. The van der Waals surface area contributed by atoms with Crippen LogP contribution in [-0.4, -0.2) is 73.1 Å². The number of sulfone groups is 1. The molecule has 0 aromatic rings. The smallest absolute Gasteiger partial charge is 0.225 e. The number of alkyl halides is 1. The summed E-state index contributed by atoms with van der Waals surface area (Å²) in [6, 6.07) is 0. The number of rotatable bonds is 14. The molecule has 0 bridgehead atoms. The van der Waals surface area contributed by atoms with Crippen molar-refractivity contribution in [2.75, 3.05) is 27.8 Å².